The van der Waals surface area contributed by atoms with E-state index in [1.807, 2.05) is 11.9 Å². The Kier molecular flexibility index (Phi) is 4.77. The number of anilines is 1. The highest BCUT2D eigenvalue weighted by atomic mass is 16.6. The van der Waals surface area contributed by atoms with E-state index in [4.69, 9.17) is 5.11 Å². The third-order valence-corrected chi connectivity index (χ3v) is 4.18. The molecular formula is C15H20N2O4. The molecule has 6 nitrogen and oxygen atoms in total. The van der Waals surface area contributed by atoms with Crippen LogP contribution in [-0.2, 0) is 0 Å². The van der Waals surface area contributed by atoms with Gasteiger partial charge in [-0.1, -0.05) is 31.7 Å². The molecule has 1 aromatic carbocycles. The maximum atomic E-state index is 11.3. The van der Waals surface area contributed by atoms with Crippen LogP contribution in [0, 0.1) is 10.1 Å². The lowest BCUT2D eigenvalue weighted by atomic mass is 10.0. The maximum absolute atomic E-state index is 11.3. The number of rotatable bonds is 4. The molecule has 21 heavy (non-hydrogen) atoms. The summed E-state index contributed by atoms with van der Waals surface area (Å²) in [5.41, 5.74) is -0.165. The molecule has 1 saturated carbocycles. The van der Waals surface area contributed by atoms with Gasteiger partial charge in [0.25, 0.3) is 0 Å². The fourth-order valence-electron chi connectivity index (χ4n) is 3.02. The zero-order chi connectivity index (χ0) is 15.4. The van der Waals surface area contributed by atoms with E-state index in [9.17, 15) is 14.9 Å². The van der Waals surface area contributed by atoms with Crippen molar-refractivity contribution in [1.29, 1.82) is 0 Å². The van der Waals surface area contributed by atoms with Gasteiger partial charge in [0.05, 0.1) is 4.92 Å². The lowest BCUT2D eigenvalue weighted by molar-refractivity contribution is -0.384. The van der Waals surface area contributed by atoms with Crippen LogP contribution in [0.5, 0.6) is 0 Å². The summed E-state index contributed by atoms with van der Waals surface area (Å²) < 4.78 is 0. The van der Waals surface area contributed by atoms with Crippen LogP contribution < -0.4 is 4.90 Å². The number of carbonyl (C=O) groups is 1. The molecule has 0 radical (unpaired) electrons. The second-order valence-corrected chi connectivity index (χ2v) is 5.49. The molecule has 1 aliphatic carbocycles. The van der Waals surface area contributed by atoms with Crippen molar-refractivity contribution < 1.29 is 14.8 Å². The molecule has 0 aromatic heterocycles. The monoisotopic (exact) mass is 292 g/mol. The molecule has 1 aliphatic rings. The number of benzene rings is 1. The molecule has 114 valence electrons. The van der Waals surface area contributed by atoms with Crippen LogP contribution in [0.15, 0.2) is 18.2 Å². The second-order valence-electron chi connectivity index (χ2n) is 5.49. The number of carboxylic acid groups (broad SMARTS) is 1. The Morgan fingerprint density at radius 1 is 1.29 bits per heavy atom. The van der Waals surface area contributed by atoms with Gasteiger partial charge in [0, 0.05) is 13.1 Å². The number of hydrogen-bond donors (Lipinski definition) is 1. The Balaban J connectivity index is 2.39. The summed E-state index contributed by atoms with van der Waals surface area (Å²) in [7, 11) is 1.82. The van der Waals surface area contributed by atoms with Gasteiger partial charge in [-0.15, -0.1) is 0 Å². The molecule has 0 amide bonds. The van der Waals surface area contributed by atoms with E-state index < -0.39 is 10.9 Å². The van der Waals surface area contributed by atoms with Crippen LogP contribution in [0.2, 0.25) is 0 Å². The Morgan fingerprint density at radius 2 is 1.90 bits per heavy atom. The smallest absolute Gasteiger partial charge is 0.342 e. The van der Waals surface area contributed by atoms with Gasteiger partial charge in [-0.05, 0) is 25.0 Å². The predicted octanol–water partition coefficient (Wildman–Crippen LogP) is 3.45. The first-order chi connectivity index (χ1) is 10.0. The SMILES string of the molecule is CN(c1cccc(C(=O)O)c1[N+](=O)[O-])C1CCCCCC1. The standard InChI is InChI=1S/C15H20N2O4/c1-16(11-7-4-2-3-5-8-11)13-10-6-9-12(15(18)19)14(13)17(20)21/h6,9-11H,2-5,7-8H2,1H3,(H,18,19). The number of para-hydroxylation sites is 1. The van der Waals surface area contributed by atoms with Gasteiger partial charge >= 0.3 is 11.7 Å². The Labute approximate surface area is 123 Å². The van der Waals surface area contributed by atoms with E-state index in [2.05, 4.69) is 0 Å². The number of nitrogens with zero attached hydrogens (tertiary/aromatic N) is 2. The molecule has 0 aliphatic heterocycles. The van der Waals surface area contributed by atoms with Gasteiger partial charge in [0.1, 0.15) is 11.3 Å². The van der Waals surface area contributed by atoms with Crippen molar-refractivity contribution >= 4 is 17.3 Å². The molecule has 1 N–H and O–H groups in total. The van der Waals surface area contributed by atoms with Crippen molar-refractivity contribution in [1.82, 2.24) is 0 Å². The van der Waals surface area contributed by atoms with Crippen molar-refractivity contribution in [2.75, 3.05) is 11.9 Å². The van der Waals surface area contributed by atoms with E-state index in [1.54, 1.807) is 12.1 Å². The van der Waals surface area contributed by atoms with Crippen molar-refractivity contribution in [2.24, 2.45) is 0 Å². The average Bonchev–Trinajstić information content (AvgIpc) is 2.74. The van der Waals surface area contributed by atoms with Crippen molar-refractivity contribution in [3.8, 4) is 0 Å². The molecule has 1 aromatic rings. The molecular weight excluding hydrogens is 272 g/mol. The van der Waals surface area contributed by atoms with Gasteiger partial charge in [0.15, 0.2) is 0 Å². The molecule has 0 atom stereocenters. The van der Waals surface area contributed by atoms with E-state index in [-0.39, 0.29) is 17.3 Å². The Bertz CT molecular complexity index is 536. The number of aromatic carboxylic acids is 1. The first kappa shape index (κ1) is 15.3. The van der Waals surface area contributed by atoms with Crippen LogP contribution in [0.1, 0.15) is 48.9 Å². The lowest BCUT2D eigenvalue weighted by Gasteiger charge is -2.29. The Hall–Kier alpha value is -2.11. The number of nitro groups is 1. The largest absolute Gasteiger partial charge is 0.477 e. The summed E-state index contributed by atoms with van der Waals surface area (Å²) in [5.74, 6) is -1.27. The third kappa shape index (κ3) is 3.32. The quantitative estimate of drug-likeness (QED) is 0.522. The van der Waals surface area contributed by atoms with E-state index in [0.717, 1.165) is 25.7 Å². The van der Waals surface area contributed by atoms with Crippen molar-refractivity contribution in [2.45, 2.75) is 44.6 Å². The van der Waals surface area contributed by atoms with Gasteiger partial charge in [-0.25, -0.2) is 4.79 Å². The molecule has 1 fully saturated rings. The molecule has 0 heterocycles. The predicted molar refractivity (Wildman–Crippen MR) is 79.9 cm³/mol. The van der Waals surface area contributed by atoms with E-state index >= 15 is 0 Å². The topological polar surface area (TPSA) is 83.7 Å². The maximum Gasteiger partial charge on any atom is 0.342 e. The highest BCUT2D eigenvalue weighted by molar-refractivity contribution is 5.95. The molecule has 2 rings (SSSR count). The third-order valence-electron chi connectivity index (χ3n) is 4.18. The minimum Gasteiger partial charge on any atom is -0.477 e. The van der Waals surface area contributed by atoms with Crippen LogP contribution in [0.3, 0.4) is 0 Å². The van der Waals surface area contributed by atoms with Crippen molar-refractivity contribution in [3.05, 3.63) is 33.9 Å². The minimum absolute atomic E-state index is 0.232. The second kappa shape index (κ2) is 6.56. The van der Waals surface area contributed by atoms with Crippen LogP contribution in [-0.4, -0.2) is 29.1 Å². The summed E-state index contributed by atoms with van der Waals surface area (Å²) in [6.45, 7) is 0. The summed E-state index contributed by atoms with van der Waals surface area (Å²) in [6, 6.07) is 4.72. The summed E-state index contributed by atoms with van der Waals surface area (Å²) in [4.78, 5) is 23.8. The first-order valence-electron chi connectivity index (χ1n) is 7.26. The van der Waals surface area contributed by atoms with Crippen LogP contribution >= 0.6 is 0 Å². The van der Waals surface area contributed by atoms with Crippen LogP contribution in [0.4, 0.5) is 11.4 Å². The fraction of sp³-hybridized carbons (Fsp3) is 0.533. The number of nitro benzene ring substituents is 1. The summed E-state index contributed by atoms with van der Waals surface area (Å²) >= 11 is 0. The molecule has 0 unspecified atom stereocenters. The summed E-state index contributed by atoms with van der Waals surface area (Å²) in [6.07, 6.45) is 6.60. The summed E-state index contributed by atoms with van der Waals surface area (Å²) in [5, 5.41) is 20.5. The average molecular weight is 292 g/mol. The van der Waals surface area contributed by atoms with Crippen molar-refractivity contribution in [3.63, 3.8) is 0 Å². The highest BCUT2D eigenvalue weighted by Gasteiger charge is 2.28. The normalized spacial score (nSPS) is 16.2. The van der Waals surface area contributed by atoms with Gasteiger partial charge in [0.2, 0.25) is 0 Å². The van der Waals surface area contributed by atoms with Crippen LogP contribution in [0.25, 0.3) is 0 Å². The van der Waals surface area contributed by atoms with Gasteiger partial charge < -0.3 is 10.0 Å². The lowest BCUT2D eigenvalue weighted by Crippen LogP contribution is -2.31. The number of carboxylic acids is 1. The van der Waals surface area contributed by atoms with Gasteiger partial charge in [-0.3, -0.25) is 10.1 Å². The first-order valence-corrected chi connectivity index (χ1v) is 7.26. The zero-order valence-corrected chi connectivity index (χ0v) is 12.1. The Morgan fingerprint density at radius 3 is 2.43 bits per heavy atom. The van der Waals surface area contributed by atoms with E-state index in [0.29, 0.717) is 5.69 Å². The minimum atomic E-state index is -1.27. The fourth-order valence-corrected chi connectivity index (χ4v) is 3.02. The molecule has 6 heteroatoms. The zero-order valence-electron chi connectivity index (χ0n) is 12.1. The van der Waals surface area contributed by atoms with E-state index in [1.165, 1.54) is 18.9 Å². The molecule has 0 spiro atoms. The molecule has 0 bridgehead atoms. The van der Waals surface area contributed by atoms with Gasteiger partial charge in [-0.2, -0.15) is 0 Å². The number of hydrogen-bond acceptors (Lipinski definition) is 4. The molecule has 0 saturated heterocycles. The highest BCUT2D eigenvalue weighted by Crippen LogP contribution is 2.34.